The second-order valence-electron chi connectivity index (χ2n) is 5.71. The lowest BCUT2D eigenvalue weighted by atomic mass is 10.1. The van der Waals surface area contributed by atoms with E-state index in [0.717, 1.165) is 11.1 Å². The zero-order chi connectivity index (χ0) is 17.6. The number of nitrogens with one attached hydrogen (secondary N) is 1. The Balaban J connectivity index is 1.80. The van der Waals surface area contributed by atoms with E-state index in [0.29, 0.717) is 37.4 Å². The number of hydrogen-bond donors (Lipinski definition) is 2. The molecule has 5 nitrogen and oxygen atoms in total. The van der Waals surface area contributed by atoms with Crippen LogP contribution in [-0.4, -0.2) is 21.6 Å². The zero-order valence-corrected chi connectivity index (χ0v) is 14.9. The molecular weight excluding hydrogens is 324 g/mol. The van der Waals surface area contributed by atoms with Gasteiger partial charge in [0, 0.05) is 18.8 Å². The van der Waals surface area contributed by atoms with Gasteiger partial charge in [0.25, 0.3) is 0 Å². The summed E-state index contributed by atoms with van der Waals surface area (Å²) in [5, 5.41) is 0. The molecule has 130 valence electrons. The number of nitrogen functional groups attached to an aromatic ring is 1. The van der Waals surface area contributed by atoms with Crippen LogP contribution in [0, 0.1) is 13.8 Å². The molecule has 0 heterocycles. The van der Waals surface area contributed by atoms with Gasteiger partial charge in [0.1, 0.15) is 0 Å². The molecule has 0 amide bonds. The second kappa shape index (κ2) is 8.28. The fourth-order valence-corrected chi connectivity index (χ4v) is 3.69. The van der Waals surface area contributed by atoms with Gasteiger partial charge in [0.15, 0.2) is 0 Å². The standard InChI is InChI=1S/C18H24N2O3S/c1-14-9-10-17(15(2)18(14)19)24(21,22)20-11-6-12-23-13-16-7-4-3-5-8-16/h3-5,7-10,20H,6,11-13,19H2,1-2H3. The predicted octanol–water partition coefficient (Wildman–Crippen LogP) is 2.77. The average Bonchev–Trinajstić information content (AvgIpc) is 2.56. The number of nitrogens with two attached hydrogens (primary N) is 1. The molecule has 3 N–H and O–H groups in total. The van der Waals surface area contributed by atoms with Gasteiger partial charge in [-0.15, -0.1) is 0 Å². The van der Waals surface area contributed by atoms with Crippen molar-refractivity contribution in [3.8, 4) is 0 Å². The first-order chi connectivity index (χ1) is 11.4. The van der Waals surface area contributed by atoms with Crippen LogP contribution in [0.25, 0.3) is 0 Å². The molecule has 0 aromatic heterocycles. The van der Waals surface area contributed by atoms with Crippen LogP contribution >= 0.6 is 0 Å². The average molecular weight is 348 g/mol. The summed E-state index contributed by atoms with van der Waals surface area (Å²) in [5.41, 5.74) is 9.00. The molecule has 6 heteroatoms. The van der Waals surface area contributed by atoms with Crippen molar-refractivity contribution in [3.63, 3.8) is 0 Å². The van der Waals surface area contributed by atoms with Gasteiger partial charge < -0.3 is 10.5 Å². The molecule has 0 aliphatic heterocycles. The number of anilines is 1. The van der Waals surface area contributed by atoms with Crippen molar-refractivity contribution in [1.82, 2.24) is 4.72 Å². The molecule has 2 aromatic rings. The molecule has 24 heavy (non-hydrogen) atoms. The Morgan fingerprint density at radius 3 is 2.50 bits per heavy atom. The van der Waals surface area contributed by atoms with E-state index >= 15 is 0 Å². The Morgan fingerprint density at radius 2 is 1.79 bits per heavy atom. The third-order valence-corrected chi connectivity index (χ3v) is 5.45. The Kier molecular flexibility index (Phi) is 6.36. The molecule has 0 aliphatic carbocycles. The van der Waals surface area contributed by atoms with Crippen LogP contribution in [0.15, 0.2) is 47.4 Å². The van der Waals surface area contributed by atoms with Crippen LogP contribution in [0.1, 0.15) is 23.1 Å². The molecule has 0 aliphatic rings. The van der Waals surface area contributed by atoms with E-state index in [2.05, 4.69) is 4.72 Å². The van der Waals surface area contributed by atoms with Crippen molar-refractivity contribution in [1.29, 1.82) is 0 Å². The van der Waals surface area contributed by atoms with Crippen LogP contribution in [0.5, 0.6) is 0 Å². The van der Waals surface area contributed by atoms with Crippen molar-refractivity contribution in [2.75, 3.05) is 18.9 Å². The van der Waals surface area contributed by atoms with Gasteiger partial charge in [-0.25, -0.2) is 13.1 Å². The molecule has 0 radical (unpaired) electrons. The largest absolute Gasteiger partial charge is 0.398 e. The highest BCUT2D eigenvalue weighted by atomic mass is 32.2. The quantitative estimate of drug-likeness (QED) is 0.568. The van der Waals surface area contributed by atoms with Crippen molar-refractivity contribution in [3.05, 3.63) is 59.2 Å². The van der Waals surface area contributed by atoms with Crippen molar-refractivity contribution < 1.29 is 13.2 Å². The lowest BCUT2D eigenvalue weighted by Crippen LogP contribution is -2.26. The number of sulfonamides is 1. The van der Waals surface area contributed by atoms with E-state index in [4.69, 9.17) is 10.5 Å². The summed E-state index contributed by atoms with van der Waals surface area (Å²) in [6.45, 7) is 4.92. The van der Waals surface area contributed by atoms with Crippen molar-refractivity contribution in [2.45, 2.75) is 31.8 Å². The van der Waals surface area contributed by atoms with Crippen molar-refractivity contribution in [2.24, 2.45) is 0 Å². The zero-order valence-electron chi connectivity index (χ0n) is 14.1. The molecular formula is C18H24N2O3S. The first-order valence-corrected chi connectivity index (χ1v) is 9.37. The summed E-state index contributed by atoms with van der Waals surface area (Å²) in [6, 6.07) is 13.2. The number of ether oxygens (including phenoxy) is 1. The van der Waals surface area contributed by atoms with E-state index in [1.54, 1.807) is 19.1 Å². The van der Waals surface area contributed by atoms with E-state index in [1.807, 2.05) is 37.3 Å². The van der Waals surface area contributed by atoms with E-state index < -0.39 is 10.0 Å². The Labute approximate surface area is 143 Å². The molecule has 0 bridgehead atoms. The smallest absolute Gasteiger partial charge is 0.240 e. The third-order valence-electron chi connectivity index (χ3n) is 3.84. The molecule has 2 aromatic carbocycles. The first-order valence-electron chi connectivity index (χ1n) is 7.89. The molecule has 0 unspecified atom stereocenters. The van der Waals surface area contributed by atoms with Crippen molar-refractivity contribution >= 4 is 15.7 Å². The van der Waals surface area contributed by atoms with Crippen LogP contribution in [0.4, 0.5) is 5.69 Å². The van der Waals surface area contributed by atoms with Crippen LogP contribution in [-0.2, 0) is 21.4 Å². The first kappa shape index (κ1) is 18.4. The minimum atomic E-state index is -3.56. The second-order valence-corrected chi connectivity index (χ2v) is 7.44. The van der Waals surface area contributed by atoms with Gasteiger partial charge in [-0.2, -0.15) is 0 Å². The van der Waals surface area contributed by atoms with Gasteiger partial charge in [0.05, 0.1) is 11.5 Å². The summed E-state index contributed by atoms with van der Waals surface area (Å²) >= 11 is 0. The maximum atomic E-state index is 12.4. The van der Waals surface area contributed by atoms with Gasteiger partial charge in [0.2, 0.25) is 10.0 Å². The molecule has 0 spiro atoms. The topological polar surface area (TPSA) is 81.4 Å². The van der Waals surface area contributed by atoms with Crippen LogP contribution in [0.3, 0.4) is 0 Å². The Morgan fingerprint density at radius 1 is 1.08 bits per heavy atom. The maximum absolute atomic E-state index is 12.4. The van der Waals surface area contributed by atoms with Gasteiger partial charge in [-0.05, 0) is 43.0 Å². The molecule has 0 fully saturated rings. The number of hydrogen-bond acceptors (Lipinski definition) is 4. The van der Waals surface area contributed by atoms with E-state index in [9.17, 15) is 8.42 Å². The van der Waals surface area contributed by atoms with Gasteiger partial charge in [-0.3, -0.25) is 0 Å². The third kappa shape index (κ3) is 4.80. The lowest BCUT2D eigenvalue weighted by molar-refractivity contribution is 0.119. The highest BCUT2D eigenvalue weighted by Gasteiger charge is 2.18. The predicted molar refractivity (Wildman–Crippen MR) is 96.2 cm³/mol. The summed E-state index contributed by atoms with van der Waals surface area (Å²) in [6.07, 6.45) is 0.604. The SMILES string of the molecule is Cc1ccc(S(=O)(=O)NCCCOCc2ccccc2)c(C)c1N. The minimum Gasteiger partial charge on any atom is -0.398 e. The lowest BCUT2D eigenvalue weighted by Gasteiger charge is -2.12. The number of rotatable bonds is 8. The highest BCUT2D eigenvalue weighted by molar-refractivity contribution is 7.89. The highest BCUT2D eigenvalue weighted by Crippen LogP contribution is 2.23. The van der Waals surface area contributed by atoms with Crippen LogP contribution in [0.2, 0.25) is 0 Å². The minimum absolute atomic E-state index is 0.232. The normalized spacial score (nSPS) is 11.6. The summed E-state index contributed by atoms with van der Waals surface area (Å²) < 4.78 is 32.9. The van der Waals surface area contributed by atoms with E-state index in [-0.39, 0.29) is 4.90 Å². The molecule has 0 saturated heterocycles. The van der Waals surface area contributed by atoms with Gasteiger partial charge in [-0.1, -0.05) is 36.4 Å². The molecule has 0 saturated carbocycles. The fraction of sp³-hybridized carbons (Fsp3) is 0.333. The summed E-state index contributed by atoms with van der Waals surface area (Å²) in [4.78, 5) is 0.232. The van der Waals surface area contributed by atoms with Gasteiger partial charge >= 0.3 is 0 Å². The summed E-state index contributed by atoms with van der Waals surface area (Å²) in [7, 11) is -3.56. The Hall–Kier alpha value is -1.89. The maximum Gasteiger partial charge on any atom is 0.240 e. The monoisotopic (exact) mass is 348 g/mol. The molecule has 2 rings (SSSR count). The fourth-order valence-electron chi connectivity index (χ4n) is 2.36. The number of aryl methyl sites for hydroxylation is 1. The van der Waals surface area contributed by atoms with Crippen LogP contribution < -0.4 is 10.5 Å². The summed E-state index contributed by atoms with van der Waals surface area (Å²) in [5.74, 6) is 0. The number of benzene rings is 2. The molecule has 0 atom stereocenters. The Bertz CT molecular complexity index is 774. The van der Waals surface area contributed by atoms with E-state index in [1.165, 1.54) is 0 Å².